The first kappa shape index (κ1) is 16.0. The summed E-state index contributed by atoms with van der Waals surface area (Å²) in [4.78, 5) is 12.0. The van der Waals surface area contributed by atoms with Crippen molar-refractivity contribution in [3.05, 3.63) is 42.5 Å². The van der Waals surface area contributed by atoms with Gasteiger partial charge in [0.2, 0.25) is 5.95 Å². The molecule has 0 spiro atoms. The quantitative estimate of drug-likeness (QED) is 0.681. The second kappa shape index (κ2) is 6.44. The maximum Gasteiger partial charge on any atom is 0.223 e. The lowest BCUT2D eigenvalue weighted by molar-refractivity contribution is 0.329. The van der Waals surface area contributed by atoms with E-state index >= 15 is 0 Å². The second-order valence-electron chi connectivity index (χ2n) is 6.91. The Kier molecular flexibility index (Phi) is 4.13. The number of anilines is 1. The average molecular weight is 339 g/mol. The number of hydrogen-bond acceptors (Lipinski definition) is 4. The minimum atomic E-state index is -0.256. The van der Waals surface area contributed by atoms with E-state index in [1.165, 1.54) is 6.07 Å². The minimum Gasteiger partial charge on any atom is -0.358 e. The Morgan fingerprint density at radius 2 is 1.96 bits per heavy atom. The Morgan fingerprint density at radius 1 is 1.16 bits per heavy atom. The van der Waals surface area contributed by atoms with Crippen LogP contribution in [0.5, 0.6) is 0 Å². The van der Waals surface area contributed by atoms with E-state index < -0.39 is 0 Å². The number of H-pyrrole nitrogens is 1. The van der Waals surface area contributed by atoms with E-state index in [4.69, 9.17) is 0 Å². The molecule has 0 saturated carbocycles. The van der Waals surface area contributed by atoms with E-state index in [1.807, 2.05) is 12.1 Å². The van der Waals surface area contributed by atoms with Gasteiger partial charge in [0.1, 0.15) is 5.82 Å². The van der Waals surface area contributed by atoms with E-state index in [0.717, 1.165) is 29.5 Å². The molecule has 0 radical (unpaired) electrons. The fraction of sp³-hybridized carbons (Fsp3) is 0.368. The van der Waals surface area contributed by atoms with Gasteiger partial charge in [-0.1, -0.05) is 12.1 Å². The molecule has 1 saturated heterocycles. The summed E-state index contributed by atoms with van der Waals surface area (Å²) in [5, 5.41) is 7.82. The average Bonchev–Trinajstić information content (AvgIpc) is 2.99. The van der Waals surface area contributed by atoms with Gasteiger partial charge in [-0.05, 0) is 38.8 Å². The number of benzene rings is 1. The Labute approximate surface area is 146 Å². The molecule has 5 nitrogen and oxygen atoms in total. The third kappa shape index (κ3) is 3.22. The van der Waals surface area contributed by atoms with Crippen LogP contribution in [0.4, 0.5) is 10.3 Å². The number of hydrogen-bond donors (Lipinski definition) is 3. The first-order chi connectivity index (χ1) is 12.1. The van der Waals surface area contributed by atoms with Gasteiger partial charge in [-0.3, -0.25) is 0 Å². The van der Waals surface area contributed by atoms with Gasteiger partial charge >= 0.3 is 0 Å². The lowest BCUT2D eigenvalue weighted by Gasteiger charge is -2.33. The number of halogens is 1. The van der Waals surface area contributed by atoms with Gasteiger partial charge < -0.3 is 15.6 Å². The van der Waals surface area contributed by atoms with Crippen LogP contribution >= 0.6 is 0 Å². The third-order valence-electron chi connectivity index (χ3n) is 4.77. The summed E-state index contributed by atoms with van der Waals surface area (Å²) < 4.78 is 13.9. The number of rotatable bonds is 3. The molecule has 0 aliphatic carbocycles. The molecule has 2 atom stereocenters. The zero-order chi connectivity index (χ0) is 17.4. The molecule has 1 aromatic carbocycles. The van der Waals surface area contributed by atoms with Gasteiger partial charge in [0.05, 0.1) is 11.2 Å². The van der Waals surface area contributed by atoms with Crippen LogP contribution in [0.15, 0.2) is 36.7 Å². The van der Waals surface area contributed by atoms with Gasteiger partial charge in [-0.25, -0.2) is 14.4 Å². The summed E-state index contributed by atoms with van der Waals surface area (Å²) in [6, 6.07) is 8.22. The highest BCUT2D eigenvalue weighted by Gasteiger charge is 2.23. The van der Waals surface area contributed by atoms with Crippen LogP contribution in [-0.4, -0.2) is 33.1 Å². The van der Waals surface area contributed by atoms with Gasteiger partial charge in [0.25, 0.3) is 0 Å². The fourth-order valence-corrected chi connectivity index (χ4v) is 3.78. The largest absolute Gasteiger partial charge is 0.358 e. The van der Waals surface area contributed by atoms with Gasteiger partial charge in [0, 0.05) is 41.5 Å². The highest BCUT2D eigenvalue weighted by atomic mass is 19.1. The standard InChI is InChI=1S/C19H22FN5/c1-11-8-13(9-12(2)23-11)24-19-21-7-6-17(25-19)15-10-22-18-14(15)4-3-5-16(18)20/h3-7,10-13,22-23H,8-9H2,1-2H3,(H,21,24,25). The molecule has 1 aliphatic heterocycles. The van der Waals surface area contributed by atoms with Crippen LogP contribution in [0.2, 0.25) is 0 Å². The Balaban J connectivity index is 1.62. The van der Waals surface area contributed by atoms with E-state index in [0.29, 0.717) is 29.6 Å². The summed E-state index contributed by atoms with van der Waals surface area (Å²) in [6.07, 6.45) is 5.62. The molecule has 130 valence electrons. The highest BCUT2D eigenvalue weighted by Crippen LogP contribution is 2.29. The molecular formula is C19H22FN5. The SMILES string of the molecule is CC1CC(Nc2nccc(-c3c[nH]c4c(F)cccc34)n2)CC(C)N1. The molecule has 0 amide bonds. The molecular weight excluding hydrogens is 317 g/mol. The Bertz CT molecular complexity index is 880. The minimum absolute atomic E-state index is 0.256. The van der Waals surface area contributed by atoms with E-state index in [1.54, 1.807) is 18.5 Å². The Hall–Kier alpha value is -2.47. The van der Waals surface area contributed by atoms with E-state index in [9.17, 15) is 4.39 Å². The van der Waals surface area contributed by atoms with Crippen LogP contribution in [-0.2, 0) is 0 Å². The van der Waals surface area contributed by atoms with Crippen molar-refractivity contribution < 1.29 is 4.39 Å². The van der Waals surface area contributed by atoms with Crippen molar-refractivity contribution in [2.24, 2.45) is 0 Å². The van der Waals surface area contributed by atoms with Crippen LogP contribution in [0.25, 0.3) is 22.2 Å². The van der Waals surface area contributed by atoms with E-state index in [2.05, 4.69) is 39.4 Å². The lowest BCUT2D eigenvalue weighted by atomic mass is 9.95. The topological polar surface area (TPSA) is 65.6 Å². The number of aromatic amines is 1. The summed E-state index contributed by atoms with van der Waals surface area (Å²) in [5.74, 6) is 0.364. The molecule has 3 aromatic rings. The van der Waals surface area contributed by atoms with Crippen LogP contribution < -0.4 is 10.6 Å². The zero-order valence-corrected chi connectivity index (χ0v) is 14.4. The number of nitrogens with zero attached hydrogens (tertiary/aromatic N) is 2. The molecule has 3 heterocycles. The summed E-state index contributed by atoms with van der Waals surface area (Å²) >= 11 is 0. The molecule has 1 fully saturated rings. The van der Waals surface area contributed by atoms with Crippen LogP contribution in [0.1, 0.15) is 26.7 Å². The van der Waals surface area contributed by atoms with Gasteiger partial charge in [-0.2, -0.15) is 0 Å². The molecule has 1 aliphatic rings. The zero-order valence-electron chi connectivity index (χ0n) is 14.4. The predicted molar refractivity (Wildman–Crippen MR) is 98.0 cm³/mol. The number of fused-ring (bicyclic) bond motifs is 1. The summed E-state index contributed by atoms with van der Waals surface area (Å²) in [5.41, 5.74) is 2.17. The summed E-state index contributed by atoms with van der Waals surface area (Å²) in [6.45, 7) is 4.39. The van der Waals surface area contributed by atoms with Crippen LogP contribution in [0, 0.1) is 5.82 Å². The first-order valence-corrected chi connectivity index (χ1v) is 8.72. The van der Waals surface area contributed by atoms with Gasteiger partial charge in [0.15, 0.2) is 0 Å². The van der Waals surface area contributed by atoms with Crippen molar-refractivity contribution in [3.8, 4) is 11.3 Å². The monoisotopic (exact) mass is 339 g/mol. The first-order valence-electron chi connectivity index (χ1n) is 8.72. The van der Waals surface area contributed by atoms with Crippen molar-refractivity contribution in [2.45, 2.75) is 44.8 Å². The maximum atomic E-state index is 13.9. The summed E-state index contributed by atoms with van der Waals surface area (Å²) in [7, 11) is 0. The van der Waals surface area contributed by atoms with Crippen molar-refractivity contribution in [1.29, 1.82) is 0 Å². The van der Waals surface area contributed by atoms with E-state index in [-0.39, 0.29) is 5.82 Å². The Morgan fingerprint density at radius 3 is 2.76 bits per heavy atom. The molecule has 4 rings (SSSR count). The number of nitrogens with one attached hydrogen (secondary N) is 3. The lowest BCUT2D eigenvalue weighted by Crippen LogP contribution is -2.46. The van der Waals surface area contributed by atoms with Crippen molar-refractivity contribution in [3.63, 3.8) is 0 Å². The third-order valence-corrected chi connectivity index (χ3v) is 4.77. The predicted octanol–water partition coefficient (Wildman–Crippen LogP) is 3.70. The fourth-order valence-electron chi connectivity index (χ4n) is 3.78. The maximum absolute atomic E-state index is 13.9. The molecule has 0 bridgehead atoms. The van der Waals surface area contributed by atoms with Crippen molar-refractivity contribution in [2.75, 3.05) is 5.32 Å². The highest BCUT2D eigenvalue weighted by molar-refractivity contribution is 5.94. The second-order valence-corrected chi connectivity index (χ2v) is 6.91. The number of para-hydroxylation sites is 1. The molecule has 2 aromatic heterocycles. The van der Waals surface area contributed by atoms with Crippen molar-refractivity contribution in [1.82, 2.24) is 20.3 Å². The van der Waals surface area contributed by atoms with Crippen LogP contribution in [0.3, 0.4) is 0 Å². The smallest absolute Gasteiger partial charge is 0.223 e. The molecule has 6 heteroatoms. The number of piperidine rings is 1. The van der Waals surface area contributed by atoms with Crippen molar-refractivity contribution >= 4 is 16.9 Å². The molecule has 3 N–H and O–H groups in total. The van der Waals surface area contributed by atoms with Gasteiger partial charge in [-0.15, -0.1) is 0 Å². The molecule has 2 unspecified atom stereocenters. The number of aromatic nitrogens is 3. The normalized spacial score (nSPS) is 23.7. The molecule has 25 heavy (non-hydrogen) atoms.